The van der Waals surface area contributed by atoms with Crippen LogP contribution in [0, 0.1) is 11.3 Å². The van der Waals surface area contributed by atoms with Crippen LogP contribution in [-0.2, 0) is 4.79 Å². The van der Waals surface area contributed by atoms with Crippen molar-refractivity contribution in [2.24, 2.45) is 11.3 Å². The van der Waals surface area contributed by atoms with Gasteiger partial charge in [0.25, 0.3) is 0 Å². The second kappa shape index (κ2) is 5.69. The van der Waals surface area contributed by atoms with Crippen molar-refractivity contribution < 1.29 is 18.0 Å². The molecule has 0 bridgehead atoms. The predicted octanol–water partition coefficient (Wildman–Crippen LogP) is 2.42. The molecule has 1 heterocycles. The van der Waals surface area contributed by atoms with Gasteiger partial charge in [-0.3, -0.25) is 4.79 Å². The summed E-state index contributed by atoms with van der Waals surface area (Å²) >= 11 is 0. The molecule has 2 unspecified atom stereocenters. The van der Waals surface area contributed by atoms with Gasteiger partial charge in [0.1, 0.15) is 0 Å². The van der Waals surface area contributed by atoms with Gasteiger partial charge >= 0.3 is 6.18 Å². The molecular weight excluding hydrogens is 257 g/mol. The lowest BCUT2D eigenvalue weighted by molar-refractivity contribution is -0.142. The van der Waals surface area contributed by atoms with Gasteiger partial charge in [0.15, 0.2) is 0 Å². The Kier molecular flexibility index (Phi) is 4.87. The largest absolute Gasteiger partial charge is 0.401 e. The van der Waals surface area contributed by atoms with Gasteiger partial charge in [-0.2, -0.15) is 13.2 Å². The fraction of sp³-hybridized carbons (Fsp3) is 0.923. The Hall–Kier alpha value is -0.780. The van der Waals surface area contributed by atoms with Crippen LogP contribution >= 0.6 is 0 Å². The molecule has 1 fully saturated rings. The minimum Gasteiger partial charge on any atom is -0.340 e. The number of nitrogens with zero attached hydrogens (tertiary/aromatic N) is 1. The van der Waals surface area contributed by atoms with E-state index in [1.165, 1.54) is 0 Å². The summed E-state index contributed by atoms with van der Waals surface area (Å²) in [7, 11) is 0. The summed E-state index contributed by atoms with van der Waals surface area (Å²) in [6.45, 7) is 7.43. The zero-order chi connectivity index (χ0) is 14.8. The van der Waals surface area contributed by atoms with Crippen LogP contribution in [0.15, 0.2) is 0 Å². The SMILES string of the molecule is CC1CC(NCC(F)(F)F)CN(C(=O)C(C)(C)C)C1. The fourth-order valence-corrected chi connectivity index (χ4v) is 2.40. The van der Waals surface area contributed by atoms with Gasteiger partial charge in [0.05, 0.1) is 6.54 Å². The first kappa shape index (κ1) is 16.3. The van der Waals surface area contributed by atoms with E-state index < -0.39 is 18.1 Å². The lowest BCUT2D eigenvalue weighted by Gasteiger charge is -2.39. The quantitative estimate of drug-likeness (QED) is 0.842. The Morgan fingerprint density at radius 1 is 1.26 bits per heavy atom. The van der Waals surface area contributed by atoms with Gasteiger partial charge in [0, 0.05) is 24.5 Å². The minimum atomic E-state index is -4.21. The maximum Gasteiger partial charge on any atom is 0.401 e. The van der Waals surface area contributed by atoms with E-state index in [0.29, 0.717) is 19.5 Å². The molecule has 6 heteroatoms. The molecule has 2 atom stereocenters. The van der Waals surface area contributed by atoms with Crippen molar-refractivity contribution in [2.75, 3.05) is 19.6 Å². The molecule has 0 aromatic heterocycles. The van der Waals surface area contributed by atoms with E-state index in [-0.39, 0.29) is 17.9 Å². The number of likely N-dealkylation sites (tertiary alicyclic amines) is 1. The summed E-state index contributed by atoms with van der Waals surface area (Å²) in [4.78, 5) is 13.9. The number of nitrogens with one attached hydrogen (secondary N) is 1. The lowest BCUT2D eigenvalue weighted by Crippen LogP contribution is -2.54. The van der Waals surface area contributed by atoms with E-state index in [9.17, 15) is 18.0 Å². The van der Waals surface area contributed by atoms with Crippen LogP contribution in [0.2, 0.25) is 0 Å². The van der Waals surface area contributed by atoms with Crippen molar-refractivity contribution in [3.8, 4) is 0 Å². The summed E-state index contributed by atoms with van der Waals surface area (Å²) in [6, 6.07) is -0.281. The lowest BCUT2D eigenvalue weighted by atomic mass is 9.90. The monoisotopic (exact) mass is 280 g/mol. The van der Waals surface area contributed by atoms with Crippen molar-refractivity contribution in [2.45, 2.75) is 46.3 Å². The Balaban J connectivity index is 2.60. The summed E-state index contributed by atoms with van der Waals surface area (Å²) in [6.07, 6.45) is -3.54. The number of piperidine rings is 1. The highest BCUT2D eigenvalue weighted by atomic mass is 19.4. The first-order valence-electron chi connectivity index (χ1n) is 6.58. The molecule has 3 nitrogen and oxygen atoms in total. The summed E-state index contributed by atoms with van der Waals surface area (Å²) in [5.41, 5.74) is -0.494. The third kappa shape index (κ3) is 5.38. The van der Waals surface area contributed by atoms with Gasteiger partial charge in [-0.1, -0.05) is 27.7 Å². The van der Waals surface area contributed by atoms with Gasteiger partial charge in [-0.15, -0.1) is 0 Å². The number of rotatable bonds is 2. The summed E-state index contributed by atoms with van der Waals surface area (Å²) < 4.78 is 36.6. The molecule has 1 saturated heterocycles. The Bertz CT molecular complexity index is 323. The topological polar surface area (TPSA) is 32.3 Å². The standard InChI is InChI=1S/C13H23F3N2O/c1-9-5-10(17-8-13(14,15)16)7-18(6-9)11(19)12(2,3)4/h9-10,17H,5-8H2,1-4H3. The number of carbonyl (C=O) groups excluding carboxylic acids is 1. The summed E-state index contributed by atoms with van der Waals surface area (Å²) in [5, 5.41) is 2.51. The molecule has 0 aliphatic carbocycles. The van der Waals surface area contributed by atoms with Crippen molar-refractivity contribution >= 4 is 5.91 Å². The second-order valence-electron chi connectivity index (χ2n) is 6.49. The Labute approximate surface area is 112 Å². The average Bonchev–Trinajstić information content (AvgIpc) is 2.22. The number of hydrogen-bond acceptors (Lipinski definition) is 2. The Morgan fingerprint density at radius 3 is 2.32 bits per heavy atom. The number of halogens is 3. The summed E-state index contributed by atoms with van der Waals surface area (Å²) in [5.74, 6) is 0.212. The molecule has 0 aromatic carbocycles. The molecule has 112 valence electrons. The minimum absolute atomic E-state index is 0.00198. The molecule has 19 heavy (non-hydrogen) atoms. The fourth-order valence-electron chi connectivity index (χ4n) is 2.40. The highest BCUT2D eigenvalue weighted by Crippen LogP contribution is 2.24. The molecule has 1 aliphatic heterocycles. The smallest absolute Gasteiger partial charge is 0.340 e. The first-order chi connectivity index (χ1) is 8.49. The first-order valence-corrected chi connectivity index (χ1v) is 6.58. The molecule has 1 N–H and O–H groups in total. The maximum absolute atomic E-state index is 12.2. The molecule has 1 amide bonds. The molecule has 1 aliphatic rings. The van der Waals surface area contributed by atoms with E-state index in [1.54, 1.807) is 4.90 Å². The molecular formula is C13H23F3N2O. The van der Waals surface area contributed by atoms with Gasteiger partial charge in [-0.05, 0) is 12.3 Å². The van der Waals surface area contributed by atoms with Crippen LogP contribution in [0.4, 0.5) is 13.2 Å². The highest BCUT2D eigenvalue weighted by Gasteiger charge is 2.35. The van der Waals surface area contributed by atoms with E-state index in [4.69, 9.17) is 0 Å². The van der Waals surface area contributed by atoms with Crippen molar-refractivity contribution in [3.05, 3.63) is 0 Å². The molecule has 0 spiro atoms. The predicted molar refractivity (Wildman–Crippen MR) is 67.7 cm³/mol. The number of hydrogen-bond donors (Lipinski definition) is 1. The van der Waals surface area contributed by atoms with Crippen LogP contribution in [0.1, 0.15) is 34.1 Å². The maximum atomic E-state index is 12.2. The molecule has 0 radical (unpaired) electrons. The van der Waals surface area contributed by atoms with Crippen LogP contribution in [0.5, 0.6) is 0 Å². The van der Waals surface area contributed by atoms with Crippen molar-refractivity contribution in [1.29, 1.82) is 0 Å². The zero-order valence-electron chi connectivity index (χ0n) is 12.0. The normalized spacial score (nSPS) is 25.5. The second-order valence-corrected chi connectivity index (χ2v) is 6.49. The molecule has 0 saturated carbocycles. The van der Waals surface area contributed by atoms with Crippen molar-refractivity contribution in [3.63, 3.8) is 0 Å². The number of alkyl halides is 3. The van der Waals surface area contributed by atoms with Crippen LogP contribution in [0.3, 0.4) is 0 Å². The zero-order valence-corrected chi connectivity index (χ0v) is 12.0. The third-order valence-electron chi connectivity index (χ3n) is 3.18. The average molecular weight is 280 g/mol. The third-order valence-corrected chi connectivity index (χ3v) is 3.18. The molecule has 0 aromatic rings. The van der Waals surface area contributed by atoms with Gasteiger partial charge in [0.2, 0.25) is 5.91 Å². The van der Waals surface area contributed by atoms with Crippen molar-refractivity contribution in [1.82, 2.24) is 10.2 Å². The highest BCUT2D eigenvalue weighted by molar-refractivity contribution is 5.81. The van der Waals surface area contributed by atoms with Crippen LogP contribution in [-0.4, -0.2) is 42.7 Å². The number of carbonyl (C=O) groups is 1. The van der Waals surface area contributed by atoms with Gasteiger partial charge in [-0.25, -0.2) is 0 Å². The molecule has 1 rings (SSSR count). The van der Waals surface area contributed by atoms with E-state index in [1.807, 2.05) is 27.7 Å². The van der Waals surface area contributed by atoms with E-state index in [2.05, 4.69) is 5.32 Å². The van der Waals surface area contributed by atoms with Crippen LogP contribution in [0.25, 0.3) is 0 Å². The Morgan fingerprint density at radius 2 is 1.84 bits per heavy atom. The van der Waals surface area contributed by atoms with E-state index in [0.717, 1.165) is 0 Å². The van der Waals surface area contributed by atoms with Crippen LogP contribution < -0.4 is 5.32 Å². The number of amides is 1. The van der Waals surface area contributed by atoms with Gasteiger partial charge < -0.3 is 10.2 Å². The van der Waals surface area contributed by atoms with E-state index >= 15 is 0 Å².